The topological polar surface area (TPSA) is 64.7 Å². The highest BCUT2D eigenvalue weighted by molar-refractivity contribution is 5.64. The molecule has 1 heterocycles. The molecule has 1 aliphatic rings. The Kier molecular flexibility index (Phi) is 7.94. The van der Waals surface area contributed by atoms with Gasteiger partial charge in [-0.25, -0.2) is 4.79 Å². The molecular formula is C15H26N2O2. The van der Waals surface area contributed by atoms with Gasteiger partial charge in [0.1, 0.15) is 0 Å². The van der Waals surface area contributed by atoms with Crippen molar-refractivity contribution >= 4 is 12.3 Å². The smallest absolute Gasteiger partial charge is 0.404 e. The summed E-state index contributed by atoms with van der Waals surface area (Å²) in [6.07, 6.45) is 12.4. The van der Waals surface area contributed by atoms with Crippen molar-refractivity contribution in [2.24, 2.45) is 10.7 Å². The number of hydrogen-bond acceptors (Lipinski definition) is 3. The van der Waals surface area contributed by atoms with Crippen LogP contribution in [-0.2, 0) is 4.74 Å². The van der Waals surface area contributed by atoms with Crippen LogP contribution in [0.15, 0.2) is 16.6 Å². The fraction of sp³-hybridized carbons (Fsp3) is 0.733. The molecule has 0 aromatic heterocycles. The second-order valence-corrected chi connectivity index (χ2v) is 5.04. The molecule has 1 atom stereocenters. The summed E-state index contributed by atoms with van der Waals surface area (Å²) < 4.78 is 4.79. The van der Waals surface area contributed by atoms with E-state index in [-0.39, 0.29) is 0 Å². The molecule has 4 heteroatoms. The number of ether oxygens (including phenoxy) is 1. The summed E-state index contributed by atoms with van der Waals surface area (Å²) in [5.41, 5.74) is 6.31. The van der Waals surface area contributed by atoms with Gasteiger partial charge in [-0.15, -0.1) is 0 Å². The van der Waals surface area contributed by atoms with Gasteiger partial charge in [-0.1, -0.05) is 37.8 Å². The molecule has 19 heavy (non-hydrogen) atoms. The Morgan fingerprint density at radius 3 is 3.11 bits per heavy atom. The number of unbranched alkanes of at least 4 members (excludes halogenated alkanes) is 2. The molecular weight excluding hydrogens is 240 g/mol. The molecule has 0 bridgehead atoms. The summed E-state index contributed by atoms with van der Waals surface area (Å²) in [6.45, 7) is 2.61. The zero-order valence-electron chi connectivity index (χ0n) is 11.9. The lowest BCUT2D eigenvalue weighted by atomic mass is 9.99. The standard InChI is InChI=1S/C15H26N2O2/c1-2-3-4-7-14-9-8-13(6-5-11-17-14)10-12-19-15(16)18/h8,11,14H,2-7,9-10,12H2,1H3,(H2,16,18)/b13-8+,17-11-. The third-order valence-corrected chi connectivity index (χ3v) is 3.40. The van der Waals surface area contributed by atoms with E-state index in [0.29, 0.717) is 12.6 Å². The Balaban J connectivity index is 2.34. The molecule has 1 aliphatic heterocycles. The van der Waals surface area contributed by atoms with E-state index in [4.69, 9.17) is 10.5 Å². The van der Waals surface area contributed by atoms with Gasteiger partial charge < -0.3 is 10.5 Å². The number of aliphatic imine (C=N–C) groups is 1. The van der Waals surface area contributed by atoms with E-state index >= 15 is 0 Å². The number of amides is 1. The maximum atomic E-state index is 10.5. The van der Waals surface area contributed by atoms with Crippen LogP contribution < -0.4 is 5.73 Å². The number of carbonyl (C=O) groups is 1. The van der Waals surface area contributed by atoms with Crippen molar-refractivity contribution in [2.45, 2.75) is 64.3 Å². The molecule has 0 saturated carbocycles. The van der Waals surface area contributed by atoms with E-state index < -0.39 is 6.09 Å². The third kappa shape index (κ3) is 7.65. The molecule has 0 aromatic rings. The van der Waals surface area contributed by atoms with Crippen molar-refractivity contribution in [3.63, 3.8) is 0 Å². The van der Waals surface area contributed by atoms with Gasteiger partial charge in [-0.05, 0) is 31.9 Å². The van der Waals surface area contributed by atoms with Crippen LogP contribution in [0.1, 0.15) is 58.3 Å². The number of nitrogens with two attached hydrogens (primary N) is 1. The molecule has 0 saturated heterocycles. The number of primary amides is 1. The molecule has 2 N–H and O–H groups in total. The van der Waals surface area contributed by atoms with Gasteiger partial charge in [-0.3, -0.25) is 4.99 Å². The first kappa shape index (κ1) is 15.7. The third-order valence-electron chi connectivity index (χ3n) is 3.40. The highest BCUT2D eigenvalue weighted by Gasteiger charge is 2.08. The number of hydrogen-bond donors (Lipinski definition) is 1. The molecule has 4 nitrogen and oxygen atoms in total. The fourth-order valence-corrected chi connectivity index (χ4v) is 2.27. The van der Waals surface area contributed by atoms with Crippen molar-refractivity contribution in [3.05, 3.63) is 11.6 Å². The highest BCUT2D eigenvalue weighted by atomic mass is 16.5. The summed E-state index contributed by atoms with van der Waals surface area (Å²) >= 11 is 0. The summed E-state index contributed by atoms with van der Waals surface area (Å²) in [5.74, 6) is 0. The average molecular weight is 266 g/mol. The monoisotopic (exact) mass is 266 g/mol. The van der Waals surface area contributed by atoms with Gasteiger partial charge in [0, 0.05) is 6.42 Å². The lowest BCUT2D eigenvalue weighted by molar-refractivity contribution is 0.158. The van der Waals surface area contributed by atoms with Crippen LogP contribution in [0.2, 0.25) is 0 Å². The van der Waals surface area contributed by atoms with E-state index in [2.05, 4.69) is 24.2 Å². The van der Waals surface area contributed by atoms with Gasteiger partial charge in [0.05, 0.1) is 12.6 Å². The van der Waals surface area contributed by atoms with Crippen LogP contribution in [0, 0.1) is 0 Å². The van der Waals surface area contributed by atoms with Gasteiger partial charge in [0.15, 0.2) is 0 Å². The first-order valence-electron chi connectivity index (χ1n) is 7.34. The van der Waals surface area contributed by atoms with E-state index in [0.717, 1.165) is 25.7 Å². The lowest BCUT2D eigenvalue weighted by Gasteiger charge is -2.14. The van der Waals surface area contributed by atoms with Gasteiger partial charge >= 0.3 is 6.09 Å². The minimum atomic E-state index is -0.689. The average Bonchev–Trinajstić information content (AvgIpc) is 2.35. The predicted molar refractivity (Wildman–Crippen MR) is 78.5 cm³/mol. The van der Waals surface area contributed by atoms with Crippen LogP contribution in [0.25, 0.3) is 0 Å². The van der Waals surface area contributed by atoms with Gasteiger partial charge in [0.2, 0.25) is 0 Å². The molecule has 0 spiro atoms. The Morgan fingerprint density at radius 1 is 1.53 bits per heavy atom. The Bertz CT molecular complexity index is 324. The lowest BCUT2D eigenvalue weighted by Crippen LogP contribution is -2.14. The van der Waals surface area contributed by atoms with Gasteiger partial charge in [0.25, 0.3) is 0 Å². The minimum Gasteiger partial charge on any atom is -0.449 e. The second kappa shape index (κ2) is 9.59. The molecule has 1 rings (SSSR count). The molecule has 108 valence electrons. The van der Waals surface area contributed by atoms with Crippen LogP contribution in [0.4, 0.5) is 4.79 Å². The van der Waals surface area contributed by atoms with E-state index in [1.807, 2.05) is 0 Å². The molecule has 0 fully saturated rings. The molecule has 0 radical (unpaired) electrons. The van der Waals surface area contributed by atoms with Crippen molar-refractivity contribution in [1.29, 1.82) is 0 Å². The van der Waals surface area contributed by atoms with Crippen molar-refractivity contribution in [2.75, 3.05) is 6.61 Å². The highest BCUT2D eigenvalue weighted by Crippen LogP contribution is 2.18. The number of nitrogens with zero attached hydrogens (tertiary/aromatic N) is 1. The zero-order valence-corrected chi connectivity index (χ0v) is 11.9. The maximum absolute atomic E-state index is 10.5. The molecule has 0 aromatic carbocycles. The summed E-state index contributed by atoms with van der Waals surface area (Å²) in [6, 6.07) is 0.430. The van der Waals surface area contributed by atoms with E-state index in [9.17, 15) is 4.79 Å². The Morgan fingerprint density at radius 2 is 2.37 bits per heavy atom. The summed E-state index contributed by atoms with van der Waals surface area (Å²) in [4.78, 5) is 15.1. The molecule has 1 amide bonds. The summed E-state index contributed by atoms with van der Waals surface area (Å²) in [5, 5.41) is 0. The zero-order chi connectivity index (χ0) is 13.9. The maximum Gasteiger partial charge on any atom is 0.404 e. The second-order valence-electron chi connectivity index (χ2n) is 5.04. The first-order chi connectivity index (χ1) is 9.22. The Labute approximate surface area is 116 Å². The molecule has 1 unspecified atom stereocenters. The normalized spacial score (nSPS) is 23.8. The van der Waals surface area contributed by atoms with Crippen LogP contribution in [-0.4, -0.2) is 25.0 Å². The van der Waals surface area contributed by atoms with Crippen LogP contribution in [0.5, 0.6) is 0 Å². The number of carbonyl (C=O) groups excluding carboxylic acids is 1. The van der Waals surface area contributed by atoms with Crippen LogP contribution >= 0.6 is 0 Å². The predicted octanol–water partition coefficient (Wildman–Crippen LogP) is 3.60. The summed E-state index contributed by atoms with van der Waals surface area (Å²) in [7, 11) is 0. The largest absolute Gasteiger partial charge is 0.449 e. The van der Waals surface area contributed by atoms with Gasteiger partial charge in [-0.2, -0.15) is 0 Å². The Hall–Kier alpha value is -1.32. The minimum absolute atomic E-state index is 0.388. The fourth-order valence-electron chi connectivity index (χ4n) is 2.27. The quantitative estimate of drug-likeness (QED) is 0.565. The van der Waals surface area contributed by atoms with Crippen molar-refractivity contribution in [3.8, 4) is 0 Å². The van der Waals surface area contributed by atoms with Crippen molar-refractivity contribution < 1.29 is 9.53 Å². The van der Waals surface area contributed by atoms with E-state index in [1.54, 1.807) is 0 Å². The first-order valence-corrected chi connectivity index (χ1v) is 7.34. The van der Waals surface area contributed by atoms with Crippen molar-refractivity contribution in [1.82, 2.24) is 0 Å². The number of rotatable bonds is 7. The van der Waals surface area contributed by atoms with Crippen LogP contribution in [0.3, 0.4) is 0 Å². The SMILES string of the molecule is CCCCCC1C/C=C(/CCOC(N)=O)CC/C=N\1. The molecule has 0 aliphatic carbocycles. The van der Waals surface area contributed by atoms with E-state index in [1.165, 1.54) is 31.3 Å².